The van der Waals surface area contributed by atoms with Gasteiger partial charge in [0, 0.05) is 19.7 Å². The number of ether oxygens (including phenoxy) is 1. The Morgan fingerprint density at radius 2 is 2.33 bits per heavy atom. The molecule has 0 radical (unpaired) electrons. The monoisotopic (exact) mass is 212 g/mol. The van der Waals surface area contributed by atoms with Crippen LogP contribution in [0.15, 0.2) is 0 Å². The number of amides is 1. The zero-order chi connectivity index (χ0) is 10.8. The third-order valence-corrected chi connectivity index (χ3v) is 3.51. The molecule has 0 aromatic heterocycles. The van der Waals surface area contributed by atoms with E-state index in [1.807, 2.05) is 0 Å². The van der Waals surface area contributed by atoms with Gasteiger partial charge in [-0.05, 0) is 18.8 Å². The van der Waals surface area contributed by atoms with Crippen LogP contribution in [0.25, 0.3) is 0 Å². The standard InChI is InChI=1S/C11H20N2O2/c1-3-7-4-9(7)13-11(14)10-5-8(15-2)6-12-10/h7-10,12H,3-6H2,1-2H3,(H,13,14). The first kappa shape index (κ1) is 10.9. The van der Waals surface area contributed by atoms with Crippen molar-refractivity contribution in [2.75, 3.05) is 13.7 Å². The number of nitrogens with one attached hydrogen (secondary N) is 2. The van der Waals surface area contributed by atoms with Crippen LogP contribution in [0.1, 0.15) is 26.2 Å². The number of methoxy groups -OCH3 is 1. The maximum atomic E-state index is 11.8. The highest BCUT2D eigenvalue weighted by molar-refractivity contribution is 5.82. The van der Waals surface area contributed by atoms with Crippen molar-refractivity contribution in [3.63, 3.8) is 0 Å². The quantitative estimate of drug-likeness (QED) is 0.703. The molecule has 86 valence electrons. The second-order valence-corrected chi connectivity index (χ2v) is 4.57. The Kier molecular flexibility index (Phi) is 3.26. The molecular formula is C11H20N2O2. The maximum Gasteiger partial charge on any atom is 0.237 e. The van der Waals surface area contributed by atoms with Gasteiger partial charge in [0.25, 0.3) is 0 Å². The van der Waals surface area contributed by atoms with E-state index >= 15 is 0 Å². The zero-order valence-corrected chi connectivity index (χ0v) is 9.45. The molecule has 1 saturated carbocycles. The molecule has 1 aliphatic carbocycles. The predicted octanol–water partition coefficient (Wildman–Crippen LogP) is 0.278. The Morgan fingerprint density at radius 3 is 2.87 bits per heavy atom. The number of carbonyl (C=O) groups excluding carboxylic acids is 1. The average molecular weight is 212 g/mol. The Morgan fingerprint density at radius 1 is 1.53 bits per heavy atom. The summed E-state index contributed by atoms with van der Waals surface area (Å²) < 4.78 is 5.21. The summed E-state index contributed by atoms with van der Waals surface area (Å²) >= 11 is 0. The number of hydrogen-bond donors (Lipinski definition) is 2. The van der Waals surface area contributed by atoms with Crippen LogP contribution in [-0.4, -0.2) is 37.7 Å². The van der Waals surface area contributed by atoms with Crippen LogP contribution in [0.5, 0.6) is 0 Å². The minimum atomic E-state index is -0.0481. The molecule has 0 aromatic rings. The van der Waals surface area contributed by atoms with Gasteiger partial charge in [0.2, 0.25) is 5.91 Å². The van der Waals surface area contributed by atoms with Gasteiger partial charge in [-0.3, -0.25) is 4.79 Å². The van der Waals surface area contributed by atoms with E-state index in [0.29, 0.717) is 12.0 Å². The van der Waals surface area contributed by atoms with Crippen molar-refractivity contribution < 1.29 is 9.53 Å². The SMILES string of the molecule is CCC1CC1NC(=O)C1CC(OC)CN1. The average Bonchev–Trinajstić information content (AvgIpc) is 2.81. The van der Waals surface area contributed by atoms with Crippen LogP contribution in [-0.2, 0) is 9.53 Å². The lowest BCUT2D eigenvalue weighted by molar-refractivity contribution is -0.123. The van der Waals surface area contributed by atoms with Crippen LogP contribution in [0.4, 0.5) is 0 Å². The van der Waals surface area contributed by atoms with Crippen LogP contribution in [0.3, 0.4) is 0 Å². The van der Waals surface area contributed by atoms with E-state index in [0.717, 1.165) is 19.4 Å². The first-order chi connectivity index (χ1) is 7.24. The van der Waals surface area contributed by atoms with Gasteiger partial charge in [0.05, 0.1) is 12.1 Å². The summed E-state index contributed by atoms with van der Waals surface area (Å²) in [4.78, 5) is 11.8. The van der Waals surface area contributed by atoms with Gasteiger partial charge < -0.3 is 15.4 Å². The molecule has 4 atom stereocenters. The minimum Gasteiger partial charge on any atom is -0.380 e. The number of hydrogen-bond acceptors (Lipinski definition) is 3. The molecular weight excluding hydrogens is 192 g/mol. The molecule has 15 heavy (non-hydrogen) atoms. The molecule has 0 spiro atoms. The van der Waals surface area contributed by atoms with E-state index in [9.17, 15) is 4.79 Å². The minimum absolute atomic E-state index is 0.0481. The van der Waals surface area contributed by atoms with Crippen LogP contribution >= 0.6 is 0 Å². The van der Waals surface area contributed by atoms with E-state index in [4.69, 9.17) is 4.74 Å². The third-order valence-electron chi connectivity index (χ3n) is 3.51. The fourth-order valence-corrected chi connectivity index (χ4v) is 2.24. The van der Waals surface area contributed by atoms with Crippen molar-refractivity contribution in [1.82, 2.24) is 10.6 Å². The molecule has 4 nitrogen and oxygen atoms in total. The highest BCUT2D eigenvalue weighted by Gasteiger charge is 2.39. The molecule has 1 amide bonds. The van der Waals surface area contributed by atoms with E-state index < -0.39 is 0 Å². The van der Waals surface area contributed by atoms with Gasteiger partial charge in [-0.25, -0.2) is 0 Å². The highest BCUT2D eigenvalue weighted by Crippen LogP contribution is 2.33. The normalized spacial score (nSPS) is 39.1. The number of carbonyl (C=O) groups is 1. The van der Waals surface area contributed by atoms with Crippen molar-refractivity contribution in [3.05, 3.63) is 0 Å². The van der Waals surface area contributed by atoms with E-state index in [1.54, 1.807) is 7.11 Å². The topological polar surface area (TPSA) is 50.4 Å². The largest absolute Gasteiger partial charge is 0.380 e. The Hall–Kier alpha value is -0.610. The van der Waals surface area contributed by atoms with Crippen molar-refractivity contribution >= 4 is 5.91 Å². The van der Waals surface area contributed by atoms with E-state index in [2.05, 4.69) is 17.6 Å². The van der Waals surface area contributed by atoms with E-state index in [-0.39, 0.29) is 18.1 Å². The molecule has 2 fully saturated rings. The third kappa shape index (κ3) is 2.49. The first-order valence-corrected chi connectivity index (χ1v) is 5.81. The molecule has 2 aliphatic rings. The maximum absolute atomic E-state index is 11.8. The van der Waals surface area contributed by atoms with Gasteiger partial charge in [0.1, 0.15) is 0 Å². The van der Waals surface area contributed by atoms with Crippen LogP contribution < -0.4 is 10.6 Å². The summed E-state index contributed by atoms with van der Waals surface area (Å²) in [5.74, 6) is 0.865. The summed E-state index contributed by atoms with van der Waals surface area (Å²) in [6, 6.07) is 0.388. The van der Waals surface area contributed by atoms with Crippen LogP contribution in [0.2, 0.25) is 0 Å². The molecule has 2 N–H and O–H groups in total. The van der Waals surface area contributed by atoms with Gasteiger partial charge in [-0.15, -0.1) is 0 Å². The molecule has 4 heteroatoms. The van der Waals surface area contributed by atoms with Crippen LogP contribution in [0, 0.1) is 5.92 Å². The zero-order valence-electron chi connectivity index (χ0n) is 9.45. The lowest BCUT2D eigenvalue weighted by Gasteiger charge is -2.10. The fraction of sp³-hybridized carbons (Fsp3) is 0.909. The summed E-state index contributed by atoms with van der Waals surface area (Å²) in [6.45, 7) is 2.96. The molecule has 1 saturated heterocycles. The predicted molar refractivity (Wildman–Crippen MR) is 57.5 cm³/mol. The van der Waals surface area contributed by atoms with Gasteiger partial charge in [0.15, 0.2) is 0 Å². The van der Waals surface area contributed by atoms with Crippen molar-refractivity contribution in [1.29, 1.82) is 0 Å². The summed E-state index contributed by atoms with van der Waals surface area (Å²) in [5, 5.41) is 6.27. The molecule has 0 bridgehead atoms. The second-order valence-electron chi connectivity index (χ2n) is 4.57. The Bertz CT molecular complexity index is 245. The lowest BCUT2D eigenvalue weighted by atomic mass is 10.2. The summed E-state index contributed by atoms with van der Waals surface area (Å²) in [7, 11) is 1.70. The van der Waals surface area contributed by atoms with Crippen molar-refractivity contribution in [3.8, 4) is 0 Å². The molecule has 0 aromatic carbocycles. The Balaban J connectivity index is 1.73. The lowest BCUT2D eigenvalue weighted by Crippen LogP contribution is -2.41. The smallest absolute Gasteiger partial charge is 0.237 e. The molecule has 1 heterocycles. The van der Waals surface area contributed by atoms with Crippen molar-refractivity contribution in [2.45, 2.75) is 44.4 Å². The first-order valence-electron chi connectivity index (χ1n) is 5.81. The van der Waals surface area contributed by atoms with Gasteiger partial charge in [-0.2, -0.15) is 0 Å². The van der Waals surface area contributed by atoms with Gasteiger partial charge >= 0.3 is 0 Å². The van der Waals surface area contributed by atoms with E-state index in [1.165, 1.54) is 6.42 Å². The van der Waals surface area contributed by atoms with Crippen molar-refractivity contribution in [2.24, 2.45) is 5.92 Å². The molecule has 4 unspecified atom stereocenters. The molecule has 2 rings (SSSR count). The highest BCUT2D eigenvalue weighted by atomic mass is 16.5. The summed E-state index contributed by atoms with van der Waals surface area (Å²) in [5.41, 5.74) is 0. The number of rotatable bonds is 4. The van der Waals surface area contributed by atoms with Gasteiger partial charge in [-0.1, -0.05) is 13.3 Å². The Labute approximate surface area is 90.8 Å². The fourth-order valence-electron chi connectivity index (χ4n) is 2.24. The second kappa shape index (κ2) is 4.49. The summed E-state index contributed by atoms with van der Waals surface area (Å²) in [6.07, 6.45) is 3.32. The molecule has 1 aliphatic heterocycles.